The molecule has 68 valence electrons. The molecule has 12 heavy (non-hydrogen) atoms. The van der Waals surface area contributed by atoms with Gasteiger partial charge in [-0.3, -0.25) is 0 Å². The lowest BCUT2D eigenvalue weighted by Gasteiger charge is -2.08. The van der Waals surface area contributed by atoms with Crippen LogP contribution in [0.3, 0.4) is 0 Å². The van der Waals surface area contributed by atoms with Crippen molar-refractivity contribution in [2.45, 2.75) is 40.5 Å². The van der Waals surface area contributed by atoms with E-state index in [4.69, 9.17) is 0 Å². The van der Waals surface area contributed by atoms with Gasteiger partial charge in [-0.1, -0.05) is 19.4 Å². The van der Waals surface area contributed by atoms with Gasteiger partial charge in [-0.25, -0.2) is 4.39 Å². The van der Waals surface area contributed by atoms with Gasteiger partial charge in [-0.15, -0.1) is 0 Å². The number of hydrogen-bond acceptors (Lipinski definition) is 0. The van der Waals surface area contributed by atoms with Crippen molar-refractivity contribution in [3.63, 3.8) is 0 Å². The second kappa shape index (κ2) is 3.42. The van der Waals surface area contributed by atoms with Gasteiger partial charge < -0.3 is 0 Å². The third kappa shape index (κ3) is 1.21. The maximum atomic E-state index is 13.5. The smallest absolute Gasteiger partial charge is 0.110 e. The monoisotopic (exact) mass is 168 g/mol. The molecule has 0 saturated carbocycles. The number of hydrogen-bond donors (Lipinski definition) is 0. The Hall–Kier alpha value is -0.590. The summed E-state index contributed by atoms with van der Waals surface area (Å²) in [4.78, 5) is 0. The predicted molar refractivity (Wildman–Crippen MR) is 50.6 cm³/mol. The van der Waals surface area contributed by atoms with Gasteiger partial charge in [0.15, 0.2) is 0 Å². The van der Waals surface area contributed by atoms with E-state index in [0.717, 1.165) is 18.4 Å². The molecule has 1 unspecified atom stereocenters. The molecule has 0 amide bonds. The van der Waals surface area contributed by atoms with E-state index in [0.29, 0.717) is 0 Å². The van der Waals surface area contributed by atoms with Crippen molar-refractivity contribution in [3.05, 3.63) is 22.5 Å². The van der Waals surface area contributed by atoms with Gasteiger partial charge >= 0.3 is 0 Å². The molecule has 0 aromatic carbocycles. The fourth-order valence-electron chi connectivity index (χ4n) is 2.13. The molecule has 0 fully saturated rings. The third-order valence-electron chi connectivity index (χ3n) is 2.88. The van der Waals surface area contributed by atoms with Crippen LogP contribution in [0.4, 0.5) is 4.39 Å². The fraction of sp³-hybridized carbons (Fsp3) is 0.636. The summed E-state index contributed by atoms with van der Waals surface area (Å²) in [7, 11) is 0. The van der Waals surface area contributed by atoms with Crippen molar-refractivity contribution in [1.82, 2.24) is 0 Å². The van der Waals surface area contributed by atoms with Crippen LogP contribution < -0.4 is 0 Å². The van der Waals surface area contributed by atoms with E-state index in [-0.39, 0.29) is 11.7 Å². The Morgan fingerprint density at radius 2 is 1.83 bits per heavy atom. The molecule has 0 aliphatic heterocycles. The average molecular weight is 168 g/mol. The lowest BCUT2D eigenvalue weighted by Crippen LogP contribution is -1.96. The van der Waals surface area contributed by atoms with Crippen molar-refractivity contribution in [1.29, 1.82) is 0 Å². The Kier molecular flexibility index (Phi) is 2.71. The summed E-state index contributed by atoms with van der Waals surface area (Å²) in [6.07, 6.45) is 1.85. The molecule has 0 N–H and O–H groups in total. The van der Waals surface area contributed by atoms with Crippen LogP contribution in [0.15, 0.2) is 22.5 Å². The van der Waals surface area contributed by atoms with Crippen molar-refractivity contribution in [3.8, 4) is 0 Å². The van der Waals surface area contributed by atoms with Crippen LogP contribution in [-0.2, 0) is 0 Å². The summed E-state index contributed by atoms with van der Waals surface area (Å²) in [5, 5.41) is 0. The molecular weight excluding hydrogens is 151 g/mol. The first-order chi connectivity index (χ1) is 5.63. The van der Waals surface area contributed by atoms with Gasteiger partial charge in [0.25, 0.3) is 0 Å². The lowest BCUT2D eigenvalue weighted by molar-refractivity contribution is 0.504. The highest BCUT2D eigenvalue weighted by Crippen LogP contribution is 2.40. The first-order valence-corrected chi connectivity index (χ1v) is 4.69. The van der Waals surface area contributed by atoms with E-state index in [2.05, 4.69) is 13.8 Å². The minimum atomic E-state index is 0.0833. The Balaban J connectivity index is 3.05. The van der Waals surface area contributed by atoms with Gasteiger partial charge in [0.2, 0.25) is 0 Å². The molecule has 0 nitrogen and oxygen atoms in total. The SMILES string of the molecule is CCC1=C(C)C(CC)C(F)=C1C. The topological polar surface area (TPSA) is 0 Å². The summed E-state index contributed by atoms with van der Waals surface area (Å²) in [6, 6.07) is 0. The summed E-state index contributed by atoms with van der Waals surface area (Å²) >= 11 is 0. The van der Waals surface area contributed by atoms with Crippen molar-refractivity contribution in [2.24, 2.45) is 5.92 Å². The normalized spacial score (nSPS) is 24.2. The van der Waals surface area contributed by atoms with E-state index in [1.807, 2.05) is 13.8 Å². The van der Waals surface area contributed by atoms with E-state index in [1.165, 1.54) is 11.1 Å². The Morgan fingerprint density at radius 1 is 1.25 bits per heavy atom. The molecular formula is C11H17F. The quantitative estimate of drug-likeness (QED) is 0.584. The Bertz CT molecular complexity index is 246. The minimum Gasteiger partial charge on any atom is -0.211 e. The first kappa shape index (κ1) is 9.50. The van der Waals surface area contributed by atoms with Crippen LogP contribution in [0.25, 0.3) is 0 Å². The Morgan fingerprint density at radius 3 is 2.08 bits per heavy atom. The average Bonchev–Trinajstić information content (AvgIpc) is 2.25. The first-order valence-electron chi connectivity index (χ1n) is 4.69. The summed E-state index contributed by atoms with van der Waals surface area (Å²) in [5.74, 6) is 0.187. The fourth-order valence-corrected chi connectivity index (χ4v) is 2.13. The number of allylic oxidation sites excluding steroid dienone is 4. The van der Waals surface area contributed by atoms with Crippen molar-refractivity contribution < 1.29 is 4.39 Å². The van der Waals surface area contributed by atoms with E-state index in [1.54, 1.807) is 0 Å². The van der Waals surface area contributed by atoms with Crippen LogP contribution >= 0.6 is 0 Å². The van der Waals surface area contributed by atoms with Crippen LogP contribution in [0.2, 0.25) is 0 Å². The standard InChI is InChI=1S/C11H17F/c1-5-9-7(3)10(6-2)11(12)8(9)4/h10H,5-6H2,1-4H3. The van der Waals surface area contributed by atoms with Crippen molar-refractivity contribution >= 4 is 0 Å². The molecule has 0 spiro atoms. The highest BCUT2D eigenvalue weighted by atomic mass is 19.1. The highest BCUT2D eigenvalue weighted by Gasteiger charge is 2.26. The summed E-state index contributed by atoms with van der Waals surface area (Å²) in [6.45, 7) is 8.09. The zero-order chi connectivity index (χ0) is 9.30. The van der Waals surface area contributed by atoms with E-state index >= 15 is 0 Å². The molecule has 1 aliphatic carbocycles. The molecule has 1 atom stereocenters. The van der Waals surface area contributed by atoms with Gasteiger partial charge in [0.1, 0.15) is 5.83 Å². The highest BCUT2D eigenvalue weighted by molar-refractivity contribution is 5.45. The maximum Gasteiger partial charge on any atom is 0.110 e. The van der Waals surface area contributed by atoms with E-state index in [9.17, 15) is 4.39 Å². The second-order valence-corrected chi connectivity index (χ2v) is 3.45. The van der Waals surface area contributed by atoms with Crippen LogP contribution in [0, 0.1) is 5.92 Å². The zero-order valence-electron chi connectivity index (χ0n) is 8.37. The van der Waals surface area contributed by atoms with Crippen molar-refractivity contribution in [2.75, 3.05) is 0 Å². The molecule has 0 aromatic heterocycles. The maximum absolute atomic E-state index is 13.5. The van der Waals surface area contributed by atoms with Crippen LogP contribution in [-0.4, -0.2) is 0 Å². The van der Waals surface area contributed by atoms with Gasteiger partial charge in [0, 0.05) is 5.92 Å². The minimum absolute atomic E-state index is 0.0833. The Labute approximate surface area is 74.2 Å². The second-order valence-electron chi connectivity index (χ2n) is 3.45. The lowest BCUT2D eigenvalue weighted by atomic mass is 9.98. The van der Waals surface area contributed by atoms with E-state index < -0.39 is 0 Å². The molecule has 0 bridgehead atoms. The van der Waals surface area contributed by atoms with Gasteiger partial charge in [0.05, 0.1) is 0 Å². The van der Waals surface area contributed by atoms with Crippen LogP contribution in [0.5, 0.6) is 0 Å². The number of halogens is 1. The molecule has 0 saturated heterocycles. The zero-order valence-corrected chi connectivity index (χ0v) is 8.37. The molecule has 0 aromatic rings. The van der Waals surface area contributed by atoms with Gasteiger partial charge in [-0.2, -0.15) is 0 Å². The van der Waals surface area contributed by atoms with Gasteiger partial charge in [-0.05, 0) is 37.8 Å². The largest absolute Gasteiger partial charge is 0.211 e. The summed E-state index contributed by atoms with van der Waals surface area (Å²) < 4.78 is 13.5. The molecule has 0 heterocycles. The van der Waals surface area contributed by atoms with Crippen LogP contribution in [0.1, 0.15) is 40.5 Å². The predicted octanol–water partition coefficient (Wildman–Crippen LogP) is 4.00. The molecule has 0 radical (unpaired) electrons. The summed E-state index contributed by atoms with van der Waals surface area (Å²) in [5.41, 5.74) is 3.37. The molecule has 1 aliphatic rings. The third-order valence-corrected chi connectivity index (χ3v) is 2.88. The molecule has 1 heteroatoms. The molecule has 1 rings (SSSR count). The number of rotatable bonds is 2.